The highest BCUT2D eigenvalue weighted by Crippen LogP contribution is 2.18. The summed E-state index contributed by atoms with van der Waals surface area (Å²) in [6, 6.07) is 24.5. The van der Waals surface area contributed by atoms with E-state index in [-0.39, 0.29) is 24.3 Å². The number of nitrogens with one attached hydrogen (secondary N) is 2. The van der Waals surface area contributed by atoms with Crippen LogP contribution in [-0.2, 0) is 22.5 Å². The molecule has 0 atom stereocenters. The number of amidine groups is 1. The molecule has 0 aliphatic rings. The topological polar surface area (TPSA) is 109 Å². The van der Waals surface area contributed by atoms with Crippen molar-refractivity contribution in [2.45, 2.75) is 13.0 Å². The number of rotatable bonds is 10. The van der Waals surface area contributed by atoms with Crippen molar-refractivity contribution in [3.05, 3.63) is 101 Å². The van der Waals surface area contributed by atoms with Crippen LogP contribution in [0, 0.1) is 5.41 Å². The van der Waals surface area contributed by atoms with Crippen LogP contribution in [0.15, 0.2) is 78.9 Å². The van der Waals surface area contributed by atoms with Gasteiger partial charge in [-0.05, 0) is 41.8 Å². The van der Waals surface area contributed by atoms with Gasteiger partial charge in [0.2, 0.25) is 0 Å². The van der Waals surface area contributed by atoms with Crippen LogP contribution in [0.2, 0.25) is 0 Å². The molecule has 0 heterocycles. The fourth-order valence-electron chi connectivity index (χ4n) is 3.36. The first-order valence-corrected chi connectivity index (χ1v) is 10.6. The van der Waals surface area contributed by atoms with Crippen LogP contribution in [0.1, 0.15) is 27.0 Å². The lowest BCUT2D eigenvalue weighted by molar-refractivity contribution is -0.139. The average Bonchev–Trinajstić information content (AvgIpc) is 2.84. The SMILES string of the molecule is COC(=O)CN(Cc1ccccc1)c1ccc(CCNC(=O)c2ccc(C(=N)N)cc2)cc1. The highest BCUT2D eigenvalue weighted by molar-refractivity contribution is 5.98. The van der Waals surface area contributed by atoms with Gasteiger partial charge in [-0.3, -0.25) is 15.0 Å². The zero-order chi connectivity index (χ0) is 23.6. The van der Waals surface area contributed by atoms with Crippen molar-refractivity contribution in [2.24, 2.45) is 5.73 Å². The smallest absolute Gasteiger partial charge is 0.325 e. The minimum atomic E-state index is -0.297. The molecule has 3 aromatic rings. The lowest BCUT2D eigenvalue weighted by atomic mass is 10.1. The molecule has 0 saturated carbocycles. The lowest BCUT2D eigenvalue weighted by Crippen LogP contribution is -2.30. The maximum atomic E-state index is 12.3. The van der Waals surface area contributed by atoms with Crippen LogP contribution in [0.5, 0.6) is 0 Å². The molecule has 1 amide bonds. The predicted molar refractivity (Wildman–Crippen MR) is 129 cm³/mol. The number of benzene rings is 3. The summed E-state index contributed by atoms with van der Waals surface area (Å²) in [5.74, 6) is -0.498. The third-order valence-electron chi connectivity index (χ3n) is 5.22. The first-order valence-electron chi connectivity index (χ1n) is 10.6. The van der Waals surface area contributed by atoms with E-state index in [1.54, 1.807) is 24.3 Å². The molecule has 0 spiro atoms. The summed E-state index contributed by atoms with van der Waals surface area (Å²) in [5, 5.41) is 10.3. The zero-order valence-corrected chi connectivity index (χ0v) is 18.6. The van der Waals surface area contributed by atoms with E-state index in [4.69, 9.17) is 15.9 Å². The van der Waals surface area contributed by atoms with Crippen LogP contribution < -0.4 is 16.0 Å². The minimum Gasteiger partial charge on any atom is -0.468 e. The van der Waals surface area contributed by atoms with Crippen LogP contribution in [0.4, 0.5) is 5.69 Å². The highest BCUT2D eigenvalue weighted by Gasteiger charge is 2.13. The normalized spacial score (nSPS) is 10.3. The number of esters is 1. The van der Waals surface area contributed by atoms with Gasteiger partial charge >= 0.3 is 5.97 Å². The number of methoxy groups -OCH3 is 1. The Morgan fingerprint density at radius 1 is 0.909 bits per heavy atom. The molecule has 0 radical (unpaired) electrons. The molecular formula is C26H28N4O3. The molecule has 3 aromatic carbocycles. The van der Waals surface area contributed by atoms with Crippen molar-refractivity contribution < 1.29 is 14.3 Å². The maximum absolute atomic E-state index is 12.3. The standard InChI is InChI=1S/C26H28N4O3/c1-33-24(31)18-30(17-20-5-3-2-4-6-20)23-13-7-19(8-14-23)15-16-29-26(32)22-11-9-21(10-12-22)25(27)28/h2-14H,15-18H2,1H3,(H3,27,28)(H,29,32). The molecule has 3 rings (SSSR count). The van der Waals surface area contributed by atoms with Crippen LogP contribution in [0.3, 0.4) is 0 Å². The fraction of sp³-hybridized carbons (Fsp3) is 0.192. The highest BCUT2D eigenvalue weighted by atomic mass is 16.5. The number of nitrogens with zero attached hydrogens (tertiary/aromatic N) is 1. The van der Waals surface area contributed by atoms with E-state index in [1.165, 1.54) is 7.11 Å². The molecule has 0 saturated heterocycles. The van der Waals surface area contributed by atoms with Crippen molar-refractivity contribution in [1.29, 1.82) is 5.41 Å². The van der Waals surface area contributed by atoms with E-state index in [1.807, 2.05) is 59.5 Å². The molecule has 0 unspecified atom stereocenters. The molecule has 7 heteroatoms. The molecule has 0 fully saturated rings. The van der Waals surface area contributed by atoms with Gasteiger partial charge in [0, 0.05) is 29.9 Å². The molecule has 33 heavy (non-hydrogen) atoms. The van der Waals surface area contributed by atoms with Crippen molar-refractivity contribution in [1.82, 2.24) is 5.32 Å². The second-order valence-corrected chi connectivity index (χ2v) is 7.58. The molecule has 0 bridgehead atoms. The summed E-state index contributed by atoms with van der Waals surface area (Å²) in [4.78, 5) is 26.2. The summed E-state index contributed by atoms with van der Waals surface area (Å²) in [6.45, 7) is 1.24. The molecule has 7 nitrogen and oxygen atoms in total. The Balaban J connectivity index is 1.57. The van der Waals surface area contributed by atoms with Gasteiger partial charge in [0.25, 0.3) is 5.91 Å². The molecule has 170 valence electrons. The third kappa shape index (κ3) is 6.93. The zero-order valence-electron chi connectivity index (χ0n) is 18.6. The van der Waals surface area contributed by atoms with Crippen molar-refractivity contribution in [3.8, 4) is 0 Å². The van der Waals surface area contributed by atoms with Gasteiger partial charge < -0.3 is 20.7 Å². The predicted octanol–water partition coefficient (Wildman–Crippen LogP) is 3.12. The van der Waals surface area contributed by atoms with Gasteiger partial charge in [0.05, 0.1) is 7.11 Å². The number of hydrogen-bond donors (Lipinski definition) is 3. The number of anilines is 1. The summed E-state index contributed by atoms with van der Waals surface area (Å²) in [7, 11) is 1.39. The Bertz CT molecular complexity index is 1080. The fourth-order valence-corrected chi connectivity index (χ4v) is 3.36. The monoisotopic (exact) mass is 444 g/mol. The Morgan fingerprint density at radius 3 is 2.15 bits per heavy atom. The summed E-state index contributed by atoms with van der Waals surface area (Å²) in [5.41, 5.74) is 9.64. The van der Waals surface area contributed by atoms with Crippen LogP contribution in [-0.4, -0.2) is 37.9 Å². The van der Waals surface area contributed by atoms with Gasteiger partial charge in [-0.15, -0.1) is 0 Å². The quantitative estimate of drug-likeness (QED) is 0.253. The number of hydrogen-bond acceptors (Lipinski definition) is 5. The maximum Gasteiger partial charge on any atom is 0.325 e. The molecule has 0 aliphatic heterocycles. The first-order chi connectivity index (χ1) is 16.0. The largest absolute Gasteiger partial charge is 0.468 e. The molecular weight excluding hydrogens is 416 g/mol. The number of carbonyl (C=O) groups is 2. The Labute approximate surface area is 193 Å². The Kier molecular flexibility index (Phi) is 8.18. The van der Waals surface area contributed by atoms with Crippen LogP contribution >= 0.6 is 0 Å². The number of ether oxygens (including phenoxy) is 1. The van der Waals surface area contributed by atoms with Crippen molar-refractivity contribution >= 4 is 23.4 Å². The number of carbonyl (C=O) groups excluding carboxylic acids is 2. The number of nitrogens with two attached hydrogens (primary N) is 1. The van der Waals surface area contributed by atoms with E-state index in [0.29, 0.717) is 30.6 Å². The second-order valence-electron chi connectivity index (χ2n) is 7.58. The van der Waals surface area contributed by atoms with E-state index < -0.39 is 0 Å². The average molecular weight is 445 g/mol. The molecule has 0 aromatic heterocycles. The number of nitrogen functional groups attached to an aromatic ring is 1. The summed E-state index contributed by atoms with van der Waals surface area (Å²) >= 11 is 0. The summed E-state index contributed by atoms with van der Waals surface area (Å²) < 4.78 is 4.86. The van der Waals surface area contributed by atoms with Gasteiger partial charge in [-0.1, -0.05) is 54.6 Å². The Hall–Kier alpha value is -4.13. The Morgan fingerprint density at radius 2 is 1.55 bits per heavy atom. The minimum absolute atomic E-state index is 0.0284. The van der Waals surface area contributed by atoms with Crippen molar-refractivity contribution in [2.75, 3.05) is 25.1 Å². The lowest BCUT2D eigenvalue weighted by Gasteiger charge is -2.24. The van der Waals surface area contributed by atoms with Gasteiger partial charge in [0.15, 0.2) is 0 Å². The molecule has 4 N–H and O–H groups in total. The summed E-state index contributed by atoms with van der Waals surface area (Å²) in [6.07, 6.45) is 0.674. The van der Waals surface area contributed by atoms with E-state index in [2.05, 4.69) is 5.32 Å². The van der Waals surface area contributed by atoms with Gasteiger partial charge in [0.1, 0.15) is 12.4 Å². The van der Waals surface area contributed by atoms with E-state index in [9.17, 15) is 9.59 Å². The first kappa shape index (κ1) is 23.5. The van der Waals surface area contributed by atoms with Crippen LogP contribution in [0.25, 0.3) is 0 Å². The third-order valence-corrected chi connectivity index (χ3v) is 5.22. The van der Waals surface area contributed by atoms with Gasteiger partial charge in [-0.25, -0.2) is 0 Å². The van der Waals surface area contributed by atoms with Crippen molar-refractivity contribution in [3.63, 3.8) is 0 Å². The number of amides is 1. The second kappa shape index (κ2) is 11.5. The van der Waals surface area contributed by atoms with E-state index in [0.717, 1.165) is 16.8 Å². The van der Waals surface area contributed by atoms with Gasteiger partial charge in [-0.2, -0.15) is 0 Å². The van der Waals surface area contributed by atoms with E-state index >= 15 is 0 Å². The molecule has 0 aliphatic carbocycles.